The summed E-state index contributed by atoms with van der Waals surface area (Å²) in [5, 5.41) is 0. The monoisotopic (exact) mass is 204 g/mol. The number of hydrogen-bond donors (Lipinski definition) is 0. The van der Waals surface area contributed by atoms with Crippen LogP contribution < -0.4 is 0 Å². The zero-order chi connectivity index (χ0) is 10.3. The molecule has 0 aromatic carbocycles. The SMILES string of the molecule is CCCOC(=O)O[Si](C)(CC)CC. The predicted molar refractivity (Wildman–Crippen MR) is 55.3 cm³/mol. The molecule has 13 heavy (non-hydrogen) atoms. The maximum atomic E-state index is 11.1. The molecule has 0 saturated heterocycles. The van der Waals surface area contributed by atoms with Crippen LogP contribution in [-0.2, 0) is 9.16 Å². The fourth-order valence-electron chi connectivity index (χ4n) is 0.810. The van der Waals surface area contributed by atoms with E-state index in [1.165, 1.54) is 0 Å². The smallest absolute Gasteiger partial charge is 0.489 e. The number of carbonyl (C=O) groups excluding carboxylic acids is 1. The maximum absolute atomic E-state index is 11.1. The minimum Gasteiger partial charge on any atom is -0.489 e. The summed E-state index contributed by atoms with van der Waals surface area (Å²) in [6.45, 7) is 8.59. The van der Waals surface area contributed by atoms with Crippen molar-refractivity contribution < 1.29 is 14.0 Å². The molecule has 0 spiro atoms. The average Bonchev–Trinajstić information content (AvgIpc) is 2.14. The lowest BCUT2D eigenvalue weighted by molar-refractivity contribution is 0.0961. The molecule has 78 valence electrons. The molecule has 0 aliphatic heterocycles. The van der Waals surface area contributed by atoms with E-state index >= 15 is 0 Å². The lowest BCUT2D eigenvalue weighted by Gasteiger charge is -2.23. The first-order chi connectivity index (χ1) is 6.08. The van der Waals surface area contributed by atoms with Gasteiger partial charge in [0.25, 0.3) is 8.32 Å². The van der Waals surface area contributed by atoms with Crippen LogP contribution in [0.1, 0.15) is 27.2 Å². The van der Waals surface area contributed by atoms with Crippen LogP contribution in [0.3, 0.4) is 0 Å². The lowest BCUT2D eigenvalue weighted by atomic mass is 10.5. The van der Waals surface area contributed by atoms with Gasteiger partial charge in [-0.05, 0) is 25.1 Å². The summed E-state index contributed by atoms with van der Waals surface area (Å²) in [5.41, 5.74) is 0. The van der Waals surface area contributed by atoms with Crippen LogP contribution in [0.2, 0.25) is 18.6 Å². The van der Waals surface area contributed by atoms with Crippen LogP contribution in [0.5, 0.6) is 0 Å². The van der Waals surface area contributed by atoms with Crippen molar-refractivity contribution in [2.75, 3.05) is 6.61 Å². The van der Waals surface area contributed by atoms with E-state index in [2.05, 4.69) is 20.4 Å². The zero-order valence-corrected chi connectivity index (χ0v) is 10.1. The molecule has 0 rings (SSSR count). The van der Waals surface area contributed by atoms with Gasteiger partial charge >= 0.3 is 6.16 Å². The zero-order valence-electron chi connectivity index (χ0n) is 9.05. The molecular formula is C9H20O3Si. The Balaban J connectivity index is 3.87. The molecule has 0 aromatic heterocycles. The predicted octanol–water partition coefficient (Wildman–Crippen LogP) is 3.16. The van der Waals surface area contributed by atoms with E-state index in [0.29, 0.717) is 6.61 Å². The summed E-state index contributed by atoms with van der Waals surface area (Å²) in [7, 11) is -1.78. The summed E-state index contributed by atoms with van der Waals surface area (Å²) in [6, 6.07) is 1.90. The van der Waals surface area contributed by atoms with E-state index in [-0.39, 0.29) is 0 Å². The number of rotatable bonds is 5. The second-order valence-corrected chi connectivity index (χ2v) is 7.88. The third-order valence-corrected chi connectivity index (χ3v) is 5.90. The molecule has 0 fully saturated rings. The Bertz CT molecular complexity index is 155. The van der Waals surface area contributed by atoms with Gasteiger partial charge in [0, 0.05) is 0 Å². The Labute approximate surface area is 81.6 Å². The van der Waals surface area contributed by atoms with E-state index in [1.54, 1.807) is 0 Å². The van der Waals surface area contributed by atoms with E-state index in [4.69, 9.17) is 9.16 Å². The van der Waals surface area contributed by atoms with Crippen molar-refractivity contribution in [2.24, 2.45) is 0 Å². The average molecular weight is 204 g/mol. The van der Waals surface area contributed by atoms with Gasteiger partial charge < -0.3 is 9.16 Å². The van der Waals surface area contributed by atoms with Crippen molar-refractivity contribution in [3.8, 4) is 0 Å². The molecule has 0 bridgehead atoms. The van der Waals surface area contributed by atoms with Crippen LogP contribution in [0.4, 0.5) is 4.79 Å². The van der Waals surface area contributed by atoms with E-state index in [1.807, 2.05) is 6.92 Å². The standard InChI is InChI=1S/C9H20O3Si/c1-5-8-11-9(10)12-13(4,6-2)7-3/h5-8H2,1-4H3. The fourth-order valence-corrected chi connectivity index (χ4v) is 2.06. The van der Waals surface area contributed by atoms with Gasteiger partial charge in [-0.15, -0.1) is 0 Å². The lowest BCUT2D eigenvalue weighted by Crippen LogP contribution is -2.35. The Kier molecular flexibility index (Phi) is 5.78. The second kappa shape index (κ2) is 6.02. The quantitative estimate of drug-likeness (QED) is 0.509. The maximum Gasteiger partial charge on any atom is 0.494 e. The van der Waals surface area contributed by atoms with E-state index < -0.39 is 14.5 Å². The summed E-state index contributed by atoms with van der Waals surface area (Å²) < 4.78 is 10.2. The highest BCUT2D eigenvalue weighted by Crippen LogP contribution is 2.16. The first kappa shape index (κ1) is 12.5. The normalized spacial score (nSPS) is 11.1. The summed E-state index contributed by atoms with van der Waals surface area (Å²) >= 11 is 0. The van der Waals surface area contributed by atoms with Crippen LogP contribution in [0, 0.1) is 0 Å². The Hall–Kier alpha value is -0.513. The van der Waals surface area contributed by atoms with Crippen molar-refractivity contribution in [3.63, 3.8) is 0 Å². The molecule has 0 heterocycles. The second-order valence-electron chi connectivity index (χ2n) is 3.36. The van der Waals surface area contributed by atoms with Crippen molar-refractivity contribution in [1.29, 1.82) is 0 Å². The number of ether oxygens (including phenoxy) is 1. The Morgan fingerprint density at radius 3 is 2.15 bits per heavy atom. The van der Waals surface area contributed by atoms with Crippen LogP contribution in [-0.4, -0.2) is 21.1 Å². The largest absolute Gasteiger partial charge is 0.494 e. The number of hydrogen-bond acceptors (Lipinski definition) is 3. The molecule has 3 nitrogen and oxygen atoms in total. The van der Waals surface area contributed by atoms with Crippen LogP contribution >= 0.6 is 0 Å². The molecule has 0 N–H and O–H groups in total. The van der Waals surface area contributed by atoms with Crippen molar-refractivity contribution in [1.82, 2.24) is 0 Å². The fraction of sp³-hybridized carbons (Fsp3) is 0.889. The highest BCUT2D eigenvalue weighted by molar-refractivity contribution is 6.73. The molecule has 0 saturated carbocycles. The topological polar surface area (TPSA) is 35.5 Å². The molecule has 0 aromatic rings. The molecule has 0 radical (unpaired) electrons. The van der Waals surface area contributed by atoms with Gasteiger partial charge in [0.2, 0.25) is 0 Å². The first-order valence-corrected chi connectivity index (χ1v) is 7.76. The summed E-state index contributed by atoms with van der Waals surface area (Å²) in [4.78, 5) is 11.1. The van der Waals surface area contributed by atoms with Crippen molar-refractivity contribution >= 4 is 14.5 Å². The van der Waals surface area contributed by atoms with E-state index in [9.17, 15) is 4.79 Å². The first-order valence-electron chi connectivity index (χ1n) is 4.93. The molecule has 0 aliphatic carbocycles. The van der Waals surface area contributed by atoms with Gasteiger partial charge in [-0.1, -0.05) is 20.8 Å². The third-order valence-electron chi connectivity index (χ3n) is 2.25. The molecule has 4 heteroatoms. The summed E-state index contributed by atoms with van der Waals surface area (Å²) in [5.74, 6) is 0. The Morgan fingerprint density at radius 1 is 1.23 bits per heavy atom. The van der Waals surface area contributed by atoms with Gasteiger partial charge in [-0.2, -0.15) is 0 Å². The van der Waals surface area contributed by atoms with Gasteiger partial charge in [0.15, 0.2) is 0 Å². The molecule has 0 amide bonds. The van der Waals surface area contributed by atoms with Crippen molar-refractivity contribution in [3.05, 3.63) is 0 Å². The molecule has 0 aliphatic rings. The molecule has 0 atom stereocenters. The molecule has 0 unspecified atom stereocenters. The van der Waals surface area contributed by atoms with Gasteiger partial charge in [0.05, 0.1) is 6.61 Å². The third kappa shape index (κ3) is 4.93. The minimum atomic E-state index is -1.78. The number of carbonyl (C=O) groups is 1. The highest BCUT2D eigenvalue weighted by Gasteiger charge is 2.29. The van der Waals surface area contributed by atoms with Crippen molar-refractivity contribution in [2.45, 2.75) is 45.8 Å². The van der Waals surface area contributed by atoms with Gasteiger partial charge in [0.1, 0.15) is 0 Å². The van der Waals surface area contributed by atoms with Gasteiger partial charge in [-0.25, -0.2) is 4.79 Å². The highest BCUT2D eigenvalue weighted by atomic mass is 28.4. The minimum absolute atomic E-state index is 0.455. The van der Waals surface area contributed by atoms with Crippen LogP contribution in [0.15, 0.2) is 0 Å². The van der Waals surface area contributed by atoms with Gasteiger partial charge in [-0.3, -0.25) is 0 Å². The van der Waals surface area contributed by atoms with Crippen LogP contribution in [0.25, 0.3) is 0 Å². The van der Waals surface area contributed by atoms with E-state index in [0.717, 1.165) is 18.5 Å². The molecular weight excluding hydrogens is 184 g/mol. The Morgan fingerprint density at radius 2 is 1.77 bits per heavy atom. The summed E-state index contributed by atoms with van der Waals surface area (Å²) in [6.07, 6.45) is 0.353.